The van der Waals surface area contributed by atoms with Crippen LogP contribution >= 0.6 is 23.2 Å². The smallest absolute Gasteiger partial charge is 0.129 e. The lowest BCUT2D eigenvalue weighted by Crippen LogP contribution is -2.30. The number of rotatable bonds is 3. The van der Waals surface area contributed by atoms with Gasteiger partial charge in [-0.2, -0.15) is 0 Å². The number of halogens is 3. The molecule has 1 atom stereocenters. The summed E-state index contributed by atoms with van der Waals surface area (Å²) in [7, 11) is 0. The highest BCUT2D eigenvalue weighted by atomic mass is 35.5. The molecule has 100 valence electrons. The van der Waals surface area contributed by atoms with Crippen molar-refractivity contribution in [3.8, 4) is 0 Å². The summed E-state index contributed by atoms with van der Waals surface area (Å²) < 4.78 is 14.0. The molecule has 2 aromatic carbocycles. The van der Waals surface area contributed by atoms with Crippen molar-refractivity contribution in [3.63, 3.8) is 0 Å². The molecule has 0 aliphatic rings. The number of hydrazine groups is 1. The van der Waals surface area contributed by atoms with Crippen LogP contribution in [0.15, 0.2) is 36.4 Å². The van der Waals surface area contributed by atoms with E-state index >= 15 is 0 Å². The molecule has 0 aliphatic carbocycles. The minimum absolute atomic E-state index is 0.352. The summed E-state index contributed by atoms with van der Waals surface area (Å²) in [5, 5.41) is 0.985. The topological polar surface area (TPSA) is 38.0 Å². The lowest BCUT2D eigenvalue weighted by Gasteiger charge is -2.20. The van der Waals surface area contributed by atoms with Crippen molar-refractivity contribution in [1.29, 1.82) is 0 Å². The molecule has 1 unspecified atom stereocenters. The predicted molar refractivity (Wildman–Crippen MR) is 76.8 cm³/mol. The lowest BCUT2D eigenvalue weighted by molar-refractivity contribution is 0.559. The Morgan fingerprint density at radius 1 is 1.05 bits per heavy atom. The molecule has 2 rings (SSSR count). The fourth-order valence-electron chi connectivity index (χ4n) is 2.05. The molecule has 0 spiro atoms. The molecular weight excluding hydrogens is 286 g/mol. The highest BCUT2D eigenvalue weighted by Crippen LogP contribution is 2.29. The van der Waals surface area contributed by atoms with Crippen LogP contribution in [0.2, 0.25) is 10.0 Å². The molecule has 19 heavy (non-hydrogen) atoms. The van der Waals surface area contributed by atoms with E-state index in [1.54, 1.807) is 18.2 Å². The lowest BCUT2D eigenvalue weighted by atomic mass is 9.95. The van der Waals surface area contributed by atoms with Crippen molar-refractivity contribution in [2.24, 2.45) is 5.84 Å². The summed E-state index contributed by atoms with van der Waals surface area (Å²) >= 11 is 11.7. The molecule has 0 heterocycles. The van der Waals surface area contributed by atoms with E-state index in [-0.39, 0.29) is 0 Å². The average molecular weight is 299 g/mol. The Kier molecular flexibility index (Phi) is 4.42. The van der Waals surface area contributed by atoms with Crippen molar-refractivity contribution in [2.45, 2.75) is 13.0 Å². The highest BCUT2D eigenvalue weighted by Gasteiger charge is 2.18. The van der Waals surface area contributed by atoms with Gasteiger partial charge in [0.1, 0.15) is 5.82 Å². The van der Waals surface area contributed by atoms with Crippen molar-refractivity contribution < 1.29 is 4.39 Å². The Hall–Kier alpha value is -1.13. The van der Waals surface area contributed by atoms with E-state index in [2.05, 4.69) is 5.43 Å². The Morgan fingerprint density at radius 3 is 2.16 bits per heavy atom. The minimum atomic E-state index is -0.450. The van der Waals surface area contributed by atoms with E-state index in [4.69, 9.17) is 29.0 Å². The first kappa shape index (κ1) is 14.3. The molecular formula is C14H13Cl2FN2. The molecule has 2 aromatic rings. The Morgan fingerprint density at radius 2 is 1.63 bits per heavy atom. The monoisotopic (exact) mass is 298 g/mol. The van der Waals surface area contributed by atoms with Gasteiger partial charge in [-0.3, -0.25) is 5.84 Å². The maximum Gasteiger partial charge on any atom is 0.129 e. The van der Waals surface area contributed by atoms with Crippen LogP contribution < -0.4 is 11.3 Å². The molecule has 2 nitrogen and oxygen atoms in total. The average Bonchev–Trinajstić information content (AvgIpc) is 2.34. The highest BCUT2D eigenvalue weighted by molar-refractivity contribution is 6.30. The first-order chi connectivity index (χ1) is 9.02. The van der Waals surface area contributed by atoms with Crippen LogP contribution in [0.4, 0.5) is 4.39 Å². The van der Waals surface area contributed by atoms with Crippen LogP contribution in [-0.2, 0) is 0 Å². The van der Waals surface area contributed by atoms with Gasteiger partial charge in [-0.05, 0) is 42.3 Å². The summed E-state index contributed by atoms with van der Waals surface area (Å²) in [5.74, 6) is 5.17. The van der Waals surface area contributed by atoms with Crippen LogP contribution in [0.5, 0.6) is 0 Å². The SMILES string of the molecule is Cc1cc(Cl)ccc1C(NN)c1ccc(Cl)cc1F. The zero-order valence-electron chi connectivity index (χ0n) is 10.3. The first-order valence-electron chi connectivity index (χ1n) is 5.70. The molecule has 0 saturated carbocycles. The van der Waals surface area contributed by atoms with Gasteiger partial charge < -0.3 is 0 Å². The fraction of sp³-hybridized carbons (Fsp3) is 0.143. The zero-order chi connectivity index (χ0) is 14.0. The fourth-order valence-corrected chi connectivity index (χ4v) is 2.43. The van der Waals surface area contributed by atoms with Crippen molar-refractivity contribution in [1.82, 2.24) is 5.43 Å². The van der Waals surface area contributed by atoms with E-state index in [0.29, 0.717) is 15.6 Å². The molecule has 5 heteroatoms. The van der Waals surface area contributed by atoms with Crippen LogP contribution in [0.25, 0.3) is 0 Å². The molecule has 0 saturated heterocycles. The van der Waals surface area contributed by atoms with Gasteiger partial charge in [-0.25, -0.2) is 9.82 Å². The van der Waals surface area contributed by atoms with E-state index in [1.807, 2.05) is 19.1 Å². The van der Waals surface area contributed by atoms with Crippen molar-refractivity contribution >= 4 is 23.2 Å². The van der Waals surface area contributed by atoms with Crippen LogP contribution in [0.1, 0.15) is 22.7 Å². The summed E-state index contributed by atoms with van der Waals surface area (Å²) in [6.45, 7) is 1.90. The quantitative estimate of drug-likeness (QED) is 0.664. The van der Waals surface area contributed by atoms with Gasteiger partial charge in [0.15, 0.2) is 0 Å². The zero-order valence-corrected chi connectivity index (χ0v) is 11.8. The van der Waals surface area contributed by atoms with E-state index < -0.39 is 11.9 Å². The minimum Gasteiger partial charge on any atom is -0.271 e. The van der Waals surface area contributed by atoms with Gasteiger partial charge in [0, 0.05) is 15.6 Å². The Balaban J connectivity index is 2.50. The normalized spacial score (nSPS) is 12.5. The van der Waals surface area contributed by atoms with Crippen LogP contribution in [0.3, 0.4) is 0 Å². The van der Waals surface area contributed by atoms with Crippen LogP contribution in [0, 0.1) is 12.7 Å². The number of hydrogen-bond donors (Lipinski definition) is 2. The number of nitrogens with two attached hydrogens (primary N) is 1. The molecule has 3 N–H and O–H groups in total. The van der Waals surface area contributed by atoms with Gasteiger partial charge >= 0.3 is 0 Å². The number of benzene rings is 2. The van der Waals surface area contributed by atoms with Crippen molar-refractivity contribution in [2.75, 3.05) is 0 Å². The maximum absolute atomic E-state index is 14.0. The van der Waals surface area contributed by atoms with Crippen LogP contribution in [-0.4, -0.2) is 0 Å². The van der Waals surface area contributed by atoms with E-state index in [9.17, 15) is 4.39 Å². The Bertz CT molecular complexity index is 550. The Labute approximate surface area is 121 Å². The first-order valence-corrected chi connectivity index (χ1v) is 6.45. The third-order valence-corrected chi connectivity index (χ3v) is 3.45. The predicted octanol–water partition coefficient (Wildman–Crippen LogP) is 3.99. The van der Waals surface area contributed by atoms with E-state index in [1.165, 1.54) is 6.07 Å². The van der Waals surface area contributed by atoms with Gasteiger partial charge in [-0.15, -0.1) is 0 Å². The van der Waals surface area contributed by atoms with Gasteiger partial charge in [0.2, 0.25) is 0 Å². The third-order valence-electron chi connectivity index (χ3n) is 2.98. The van der Waals surface area contributed by atoms with Gasteiger partial charge in [-0.1, -0.05) is 35.3 Å². The van der Waals surface area contributed by atoms with Crippen molar-refractivity contribution in [3.05, 3.63) is 69.0 Å². The number of nitrogens with one attached hydrogen (secondary N) is 1. The molecule has 0 aliphatic heterocycles. The summed E-state index contributed by atoms with van der Waals surface area (Å²) in [6.07, 6.45) is 0. The summed E-state index contributed by atoms with van der Waals surface area (Å²) in [4.78, 5) is 0. The second-order valence-corrected chi connectivity index (χ2v) is 5.14. The van der Waals surface area contributed by atoms with E-state index in [0.717, 1.165) is 11.1 Å². The van der Waals surface area contributed by atoms with Gasteiger partial charge in [0.25, 0.3) is 0 Å². The number of aryl methyl sites for hydroxylation is 1. The number of hydrogen-bond acceptors (Lipinski definition) is 2. The summed E-state index contributed by atoms with van der Waals surface area (Å²) in [6, 6.07) is 9.47. The second-order valence-electron chi connectivity index (χ2n) is 4.27. The molecule has 0 amide bonds. The van der Waals surface area contributed by atoms with Gasteiger partial charge in [0.05, 0.1) is 6.04 Å². The summed E-state index contributed by atoms with van der Waals surface area (Å²) in [5.41, 5.74) is 4.87. The molecule has 0 bridgehead atoms. The third kappa shape index (κ3) is 3.07. The molecule has 0 aromatic heterocycles. The molecule has 0 fully saturated rings. The largest absolute Gasteiger partial charge is 0.271 e. The second kappa shape index (κ2) is 5.88. The maximum atomic E-state index is 14.0. The standard InChI is InChI=1S/C14H13Cl2FN2/c1-8-6-9(15)2-4-11(8)14(19-18)12-5-3-10(16)7-13(12)17/h2-7,14,19H,18H2,1H3. The molecule has 0 radical (unpaired) electrons.